The molecule has 0 aromatic carbocycles. The van der Waals surface area contributed by atoms with Crippen molar-refractivity contribution in [2.75, 3.05) is 79.5 Å². The summed E-state index contributed by atoms with van der Waals surface area (Å²) in [6, 6.07) is -0.0127. The van der Waals surface area contributed by atoms with Crippen LogP contribution in [0, 0.1) is 0 Å². The minimum Gasteiger partial charge on any atom is -0.464 e. The van der Waals surface area contributed by atoms with Crippen molar-refractivity contribution in [3.8, 4) is 0 Å². The van der Waals surface area contributed by atoms with Crippen molar-refractivity contribution in [3.05, 3.63) is 0 Å². The summed E-state index contributed by atoms with van der Waals surface area (Å²) in [6.07, 6.45) is 0.341. The largest absolute Gasteiger partial charge is 0.464 e. The van der Waals surface area contributed by atoms with Gasteiger partial charge in [0.1, 0.15) is 6.61 Å². The molecule has 1 atom stereocenters. The lowest BCUT2D eigenvalue weighted by Crippen LogP contribution is -2.54. The van der Waals surface area contributed by atoms with Gasteiger partial charge in [0.25, 0.3) is 0 Å². The van der Waals surface area contributed by atoms with Crippen LogP contribution in [0.15, 0.2) is 0 Å². The number of carbonyl (C=O) groups is 2. The summed E-state index contributed by atoms with van der Waals surface area (Å²) in [5.41, 5.74) is 0. The fourth-order valence-electron chi connectivity index (χ4n) is 2.42. The number of rotatable bonds is 14. The molecule has 1 saturated heterocycles. The minimum atomic E-state index is -0.310. The van der Waals surface area contributed by atoms with E-state index >= 15 is 0 Å². The Morgan fingerprint density at radius 2 is 1.73 bits per heavy atom. The van der Waals surface area contributed by atoms with Crippen molar-refractivity contribution in [2.45, 2.75) is 19.4 Å². The third kappa shape index (κ3) is 11.4. The zero-order valence-electron chi connectivity index (χ0n) is 16.0. The van der Waals surface area contributed by atoms with Gasteiger partial charge in [0, 0.05) is 33.1 Å². The number of nitrogens with one attached hydrogen (secondary N) is 2. The molecule has 1 heterocycles. The van der Waals surface area contributed by atoms with Gasteiger partial charge in [0.2, 0.25) is 5.91 Å². The van der Waals surface area contributed by atoms with Crippen molar-refractivity contribution in [3.63, 3.8) is 0 Å². The van der Waals surface area contributed by atoms with Gasteiger partial charge in [-0.05, 0) is 7.05 Å². The van der Waals surface area contributed by atoms with E-state index in [4.69, 9.17) is 18.9 Å². The zero-order valence-corrected chi connectivity index (χ0v) is 16.0. The van der Waals surface area contributed by atoms with Crippen LogP contribution >= 0.6 is 0 Å². The van der Waals surface area contributed by atoms with Gasteiger partial charge in [-0.15, -0.1) is 0 Å². The van der Waals surface area contributed by atoms with Crippen LogP contribution < -0.4 is 10.6 Å². The molecule has 0 radical (unpaired) electrons. The SMILES string of the molecule is CNCCOCCOCCOCCC(=O)N1CCNC(COC(C)=O)C1. The van der Waals surface area contributed by atoms with Crippen LogP contribution in [-0.2, 0) is 28.5 Å². The molecule has 9 nitrogen and oxygen atoms in total. The van der Waals surface area contributed by atoms with Gasteiger partial charge < -0.3 is 34.5 Å². The predicted molar refractivity (Wildman–Crippen MR) is 96.0 cm³/mol. The Morgan fingerprint density at radius 1 is 1.08 bits per heavy atom. The molecule has 1 amide bonds. The van der Waals surface area contributed by atoms with Gasteiger partial charge in [-0.1, -0.05) is 0 Å². The molecule has 2 N–H and O–H groups in total. The van der Waals surface area contributed by atoms with Crippen LogP contribution in [-0.4, -0.2) is 102 Å². The Labute approximate surface area is 155 Å². The van der Waals surface area contributed by atoms with Gasteiger partial charge in [-0.2, -0.15) is 0 Å². The highest BCUT2D eigenvalue weighted by Crippen LogP contribution is 2.03. The first-order chi connectivity index (χ1) is 12.6. The summed E-state index contributed by atoms with van der Waals surface area (Å²) in [4.78, 5) is 24.8. The molecule has 26 heavy (non-hydrogen) atoms. The van der Waals surface area contributed by atoms with E-state index < -0.39 is 0 Å². The number of hydrogen-bond acceptors (Lipinski definition) is 8. The fraction of sp³-hybridized carbons (Fsp3) is 0.882. The lowest BCUT2D eigenvalue weighted by Gasteiger charge is -2.33. The molecule has 9 heteroatoms. The Balaban J connectivity index is 1.98. The quantitative estimate of drug-likeness (QED) is 0.295. The summed E-state index contributed by atoms with van der Waals surface area (Å²) in [7, 11) is 1.88. The van der Waals surface area contributed by atoms with Crippen molar-refractivity contribution < 1.29 is 28.5 Å². The maximum Gasteiger partial charge on any atom is 0.302 e. The third-order valence-corrected chi connectivity index (χ3v) is 3.80. The first-order valence-corrected chi connectivity index (χ1v) is 9.15. The fourth-order valence-corrected chi connectivity index (χ4v) is 2.42. The van der Waals surface area contributed by atoms with Crippen LogP contribution in [0.1, 0.15) is 13.3 Å². The highest BCUT2D eigenvalue weighted by Gasteiger charge is 2.23. The number of carbonyl (C=O) groups excluding carboxylic acids is 2. The van der Waals surface area contributed by atoms with Gasteiger partial charge in [0.05, 0.1) is 52.1 Å². The van der Waals surface area contributed by atoms with Crippen molar-refractivity contribution in [1.29, 1.82) is 0 Å². The lowest BCUT2D eigenvalue weighted by molar-refractivity contribution is -0.142. The summed E-state index contributed by atoms with van der Waals surface area (Å²) in [6.45, 7) is 7.49. The lowest BCUT2D eigenvalue weighted by atomic mass is 10.2. The van der Waals surface area contributed by atoms with E-state index in [0.29, 0.717) is 65.7 Å². The van der Waals surface area contributed by atoms with E-state index in [0.717, 1.165) is 6.54 Å². The van der Waals surface area contributed by atoms with Crippen molar-refractivity contribution in [1.82, 2.24) is 15.5 Å². The van der Waals surface area contributed by atoms with Crippen molar-refractivity contribution >= 4 is 11.9 Å². The maximum atomic E-state index is 12.2. The first kappa shape index (κ1) is 22.8. The van der Waals surface area contributed by atoms with E-state index in [2.05, 4.69) is 10.6 Å². The number of ether oxygens (including phenoxy) is 4. The predicted octanol–water partition coefficient (Wildman–Crippen LogP) is -0.991. The summed E-state index contributed by atoms with van der Waals surface area (Å²) in [5.74, 6) is -0.256. The number of nitrogens with zero attached hydrogens (tertiary/aromatic N) is 1. The normalized spacial score (nSPS) is 17.3. The molecular formula is C17H33N3O6. The number of esters is 1. The third-order valence-electron chi connectivity index (χ3n) is 3.80. The topological polar surface area (TPSA) is 98.4 Å². The molecular weight excluding hydrogens is 342 g/mol. The number of amides is 1. The number of piperazine rings is 1. The van der Waals surface area contributed by atoms with Crippen LogP contribution in [0.2, 0.25) is 0 Å². The molecule has 0 aromatic heterocycles. The van der Waals surface area contributed by atoms with Crippen LogP contribution in [0.25, 0.3) is 0 Å². The van der Waals surface area contributed by atoms with Crippen molar-refractivity contribution in [2.24, 2.45) is 0 Å². The summed E-state index contributed by atoms with van der Waals surface area (Å²) < 4.78 is 21.1. The van der Waals surface area contributed by atoms with E-state index in [1.165, 1.54) is 6.92 Å². The molecule has 1 aliphatic rings. The Kier molecular flexibility index (Phi) is 13.0. The maximum absolute atomic E-state index is 12.2. The second-order valence-electron chi connectivity index (χ2n) is 5.98. The van der Waals surface area contributed by atoms with Crippen LogP contribution in [0.3, 0.4) is 0 Å². The molecule has 152 valence electrons. The Bertz CT molecular complexity index is 397. The van der Waals surface area contributed by atoms with E-state index in [-0.39, 0.29) is 24.5 Å². The zero-order chi connectivity index (χ0) is 19.0. The minimum absolute atomic E-state index is 0.0127. The molecule has 0 spiro atoms. The van der Waals surface area contributed by atoms with Gasteiger partial charge in [0.15, 0.2) is 0 Å². The first-order valence-electron chi connectivity index (χ1n) is 9.15. The molecule has 1 aliphatic heterocycles. The monoisotopic (exact) mass is 375 g/mol. The van der Waals surface area contributed by atoms with Gasteiger partial charge in [-0.3, -0.25) is 9.59 Å². The summed E-state index contributed by atoms with van der Waals surface area (Å²) >= 11 is 0. The smallest absolute Gasteiger partial charge is 0.302 e. The van der Waals surface area contributed by atoms with Crippen LogP contribution in [0.4, 0.5) is 0 Å². The van der Waals surface area contributed by atoms with E-state index in [9.17, 15) is 9.59 Å². The van der Waals surface area contributed by atoms with E-state index in [1.807, 2.05) is 7.05 Å². The standard InChI is InChI=1S/C17H33N3O6/c1-15(21)26-14-16-13-20(6-4-19-16)17(22)3-7-23-9-11-25-12-10-24-8-5-18-2/h16,18-19H,3-14H2,1-2H3. The van der Waals surface area contributed by atoms with Gasteiger partial charge in [-0.25, -0.2) is 0 Å². The number of hydrogen-bond donors (Lipinski definition) is 2. The molecule has 0 saturated carbocycles. The highest BCUT2D eigenvalue weighted by molar-refractivity contribution is 5.76. The molecule has 0 aromatic rings. The average Bonchev–Trinajstić information content (AvgIpc) is 2.64. The second-order valence-corrected chi connectivity index (χ2v) is 5.98. The Hall–Kier alpha value is -1.26. The number of likely N-dealkylation sites (N-methyl/N-ethyl adjacent to an activating group) is 1. The molecule has 0 aliphatic carbocycles. The molecule has 0 bridgehead atoms. The summed E-state index contributed by atoms with van der Waals surface area (Å²) in [5, 5.41) is 6.24. The highest BCUT2D eigenvalue weighted by atomic mass is 16.5. The molecule has 1 fully saturated rings. The van der Waals surface area contributed by atoms with Gasteiger partial charge >= 0.3 is 5.97 Å². The molecule has 1 unspecified atom stereocenters. The van der Waals surface area contributed by atoms with E-state index in [1.54, 1.807) is 4.90 Å². The molecule has 1 rings (SSSR count). The van der Waals surface area contributed by atoms with Crippen LogP contribution in [0.5, 0.6) is 0 Å². The Morgan fingerprint density at radius 3 is 2.38 bits per heavy atom. The average molecular weight is 375 g/mol. The second kappa shape index (κ2) is 14.9.